The van der Waals surface area contributed by atoms with E-state index in [0.29, 0.717) is 29.4 Å². The van der Waals surface area contributed by atoms with E-state index in [9.17, 15) is 14.4 Å². The molecule has 1 aromatic carbocycles. The predicted molar refractivity (Wildman–Crippen MR) is 127 cm³/mol. The number of carbonyl (C=O) groups excluding carboxylic acids is 3. The summed E-state index contributed by atoms with van der Waals surface area (Å²) in [6.45, 7) is 4.45. The molecule has 0 saturated carbocycles. The third-order valence-electron chi connectivity index (χ3n) is 5.97. The van der Waals surface area contributed by atoms with E-state index < -0.39 is 25.0 Å². The molecule has 1 aliphatic heterocycles. The molecule has 0 spiro atoms. The Balaban J connectivity index is 1.54. The highest BCUT2D eigenvalue weighted by Crippen LogP contribution is 2.38. The average molecular weight is 489 g/mol. The van der Waals surface area contributed by atoms with E-state index in [1.807, 2.05) is 13.8 Å². The molecule has 190 valence electrons. The van der Waals surface area contributed by atoms with Crippen molar-refractivity contribution in [2.24, 2.45) is 0 Å². The number of benzene rings is 1. The first-order valence-electron chi connectivity index (χ1n) is 11.3. The number of ether oxygens (including phenoxy) is 5. The highest BCUT2D eigenvalue weighted by atomic mass is 16.5. The number of esters is 1. The second-order valence-corrected chi connectivity index (χ2v) is 8.21. The molecular weight excluding hydrogens is 456 g/mol. The van der Waals surface area contributed by atoms with E-state index in [1.165, 1.54) is 33.5 Å². The highest BCUT2D eigenvalue weighted by Gasteiger charge is 2.22. The van der Waals surface area contributed by atoms with Crippen molar-refractivity contribution in [1.29, 1.82) is 0 Å². The Morgan fingerprint density at radius 3 is 2.31 bits per heavy atom. The molecule has 0 bridgehead atoms. The quantitative estimate of drug-likeness (QED) is 0.379. The van der Waals surface area contributed by atoms with Crippen LogP contribution in [0.4, 0.5) is 0 Å². The first kappa shape index (κ1) is 26.1. The van der Waals surface area contributed by atoms with Crippen LogP contribution in [0.2, 0.25) is 0 Å². The molecule has 3 rings (SSSR count). The van der Waals surface area contributed by atoms with Gasteiger partial charge in [0.15, 0.2) is 18.1 Å². The van der Waals surface area contributed by atoms with Crippen LogP contribution in [-0.2, 0) is 20.8 Å². The Morgan fingerprint density at radius 2 is 1.74 bits per heavy atom. The normalized spacial score (nSPS) is 14.9. The number of hydrogen-bond acceptors (Lipinski definition) is 8. The van der Waals surface area contributed by atoms with Crippen LogP contribution in [0.25, 0.3) is 0 Å². The zero-order chi connectivity index (χ0) is 25.5. The maximum atomic E-state index is 12.7. The molecule has 1 aromatic heterocycles. The number of hydrogen-bond donors (Lipinski definition) is 1. The Kier molecular flexibility index (Phi) is 8.75. The lowest BCUT2D eigenvalue weighted by Gasteiger charge is -2.15. The van der Waals surface area contributed by atoms with Crippen LogP contribution < -0.4 is 19.5 Å². The SMILES string of the molecule is COc1cc(C(=O)NCC(=O)OCC(=O)c2cc(C)n(CC3CCCO3)c2C)cc(OC)c1OC. The first-order chi connectivity index (χ1) is 16.8. The van der Waals surface area contributed by atoms with E-state index in [-0.39, 0.29) is 17.5 Å². The lowest BCUT2D eigenvalue weighted by molar-refractivity contribution is -0.141. The van der Waals surface area contributed by atoms with Gasteiger partial charge in [-0.25, -0.2) is 0 Å². The molecule has 2 aromatic rings. The maximum absolute atomic E-state index is 12.7. The van der Waals surface area contributed by atoms with Gasteiger partial charge in [-0.2, -0.15) is 0 Å². The molecule has 0 aliphatic carbocycles. The lowest BCUT2D eigenvalue weighted by Crippen LogP contribution is -2.31. The van der Waals surface area contributed by atoms with Crippen LogP contribution in [0.15, 0.2) is 18.2 Å². The third kappa shape index (κ3) is 6.13. The second-order valence-electron chi connectivity index (χ2n) is 8.21. The number of aryl methyl sites for hydroxylation is 1. The summed E-state index contributed by atoms with van der Waals surface area (Å²) >= 11 is 0. The van der Waals surface area contributed by atoms with Crippen LogP contribution in [-0.4, -0.2) is 69.4 Å². The summed E-state index contributed by atoms with van der Waals surface area (Å²) in [6, 6.07) is 4.74. The number of nitrogens with one attached hydrogen (secondary N) is 1. The largest absolute Gasteiger partial charge is 0.493 e. The van der Waals surface area contributed by atoms with E-state index in [0.717, 1.165) is 30.8 Å². The molecule has 0 radical (unpaired) electrons. The molecule has 1 aliphatic rings. The maximum Gasteiger partial charge on any atom is 0.325 e. The smallest absolute Gasteiger partial charge is 0.325 e. The van der Waals surface area contributed by atoms with Crippen LogP contribution >= 0.6 is 0 Å². The predicted octanol–water partition coefficient (Wildman–Crippen LogP) is 2.47. The molecule has 1 unspecified atom stereocenters. The van der Waals surface area contributed by atoms with Gasteiger partial charge in [0, 0.05) is 35.7 Å². The second kappa shape index (κ2) is 11.7. The number of Topliss-reactive ketones (excluding diaryl/α,β-unsaturated/α-hetero) is 1. The van der Waals surface area contributed by atoms with E-state index >= 15 is 0 Å². The number of aromatic nitrogens is 1. The molecule has 35 heavy (non-hydrogen) atoms. The Labute approximate surface area is 204 Å². The van der Waals surface area contributed by atoms with Gasteiger partial charge >= 0.3 is 5.97 Å². The molecule has 1 amide bonds. The summed E-state index contributed by atoms with van der Waals surface area (Å²) in [6.07, 6.45) is 2.19. The molecule has 10 nitrogen and oxygen atoms in total. The van der Waals surface area contributed by atoms with Gasteiger partial charge in [-0.3, -0.25) is 14.4 Å². The van der Waals surface area contributed by atoms with Crippen molar-refractivity contribution in [1.82, 2.24) is 9.88 Å². The fraction of sp³-hybridized carbons (Fsp3) is 0.480. The number of carbonyl (C=O) groups is 3. The molecule has 1 atom stereocenters. The number of nitrogens with zero attached hydrogens (tertiary/aromatic N) is 1. The van der Waals surface area contributed by atoms with Crippen molar-refractivity contribution in [2.45, 2.75) is 39.3 Å². The van der Waals surface area contributed by atoms with Crippen molar-refractivity contribution in [3.63, 3.8) is 0 Å². The summed E-state index contributed by atoms with van der Waals surface area (Å²) in [5.74, 6) is -0.609. The summed E-state index contributed by atoms with van der Waals surface area (Å²) in [4.78, 5) is 37.4. The molecular formula is C25H32N2O8. The zero-order valence-corrected chi connectivity index (χ0v) is 20.8. The highest BCUT2D eigenvalue weighted by molar-refractivity contribution is 6.00. The summed E-state index contributed by atoms with van der Waals surface area (Å²) in [5.41, 5.74) is 2.48. The molecule has 1 N–H and O–H groups in total. The van der Waals surface area contributed by atoms with Gasteiger partial charge in [-0.15, -0.1) is 0 Å². The van der Waals surface area contributed by atoms with E-state index in [4.69, 9.17) is 23.7 Å². The minimum atomic E-state index is -0.729. The van der Waals surface area contributed by atoms with Gasteiger partial charge in [0.2, 0.25) is 11.5 Å². The zero-order valence-electron chi connectivity index (χ0n) is 20.8. The van der Waals surface area contributed by atoms with Crippen molar-refractivity contribution in [2.75, 3.05) is 41.1 Å². The Morgan fingerprint density at radius 1 is 1.06 bits per heavy atom. The number of amides is 1. The van der Waals surface area contributed by atoms with Gasteiger partial charge < -0.3 is 33.6 Å². The van der Waals surface area contributed by atoms with Crippen LogP contribution in [0.1, 0.15) is 44.9 Å². The van der Waals surface area contributed by atoms with Crippen LogP contribution in [0.3, 0.4) is 0 Å². The standard InChI is InChI=1S/C25H32N2O8/c1-15-9-19(16(2)27(15)13-18-7-6-8-34-18)20(28)14-35-23(29)12-26-25(30)17-10-21(31-3)24(33-5)22(11-17)32-4/h9-11,18H,6-8,12-14H2,1-5H3,(H,26,30). The van der Waals surface area contributed by atoms with Crippen molar-refractivity contribution < 1.29 is 38.1 Å². The number of methoxy groups -OCH3 is 3. The lowest BCUT2D eigenvalue weighted by atomic mass is 10.1. The van der Waals surface area contributed by atoms with Gasteiger partial charge in [-0.05, 0) is 44.9 Å². The number of rotatable bonds is 11. The Hall–Kier alpha value is -3.53. The van der Waals surface area contributed by atoms with Crippen molar-refractivity contribution in [3.05, 3.63) is 40.7 Å². The van der Waals surface area contributed by atoms with Crippen LogP contribution in [0.5, 0.6) is 17.2 Å². The van der Waals surface area contributed by atoms with Gasteiger partial charge in [0.05, 0.1) is 27.4 Å². The van der Waals surface area contributed by atoms with Crippen molar-refractivity contribution >= 4 is 17.7 Å². The fourth-order valence-corrected chi connectivity index (χ4v) is 4.10. The fourth-order valence-electron chi connectivity index (χ4n) is 4.10. The minimum absolute atomic E-state index is 0.148. The number of ketones is 1. The minimum Gasteiger partial charge on any atom is -0.493 e. The van der Waals surface area contributed by atoms with Gasteiger partial charge in [0.25, 0.3) is 5.91 Å². The average Bonchev–Trinajstić information content (AvgIpc) is 3.48. The first-order valence-corrected chi connectivity index (χ1v) is 11.3. The Bertz CT molecular complexity index is 1060. The molecule has 2 heterocycles. The molecule has 1 saturated heterocycles. The van der Waals surface area contributed by atoms with Gasteiger partial charge in [0.1, 0.15) is 6.54 Å². The summed E-state index contributed by atoms with van der Waals surface area (Å²) < 4.78 is 28.6. The topological polar surface area (TPSA) is 114 Å². The van der Waals surface area contributed by atoms with Gasteiger partial charge in [-0.1, -0.05) is 0 Å². The van der Waals surface area contributed by atoms with Crippen LogP contribution in [0, 0.1) is 13.8 Å². The summed E-state index contributed by atoms with van der Waals surface area (Å²) in [5, 5.41) is 2.47. The van der Waals surface area contributed by atoms with E-state index in [1.54, 1.807) is 6.07 Å². The van der Waals surface area contributed by atoms with Crippen molar-refractivity contribution in [3.8, 4) is 17.2 Å². The van der Waals surface area contributed by atoms with E-state index in [2.05, 4.69) is 9.88 Å². The third-order valence-corrected chi connectivity index (χ3v) is 5.97. The molecule has 1 fully saturated rings. The molecule has 10 heteroatoms. The summed E-state index contributed by atoms with van der Waals surface area (Å²) in [7, 11) is 4.33. The monoisotopic (exact) mass is 488 g/mol.